The molecule has 0 aromatic carbocycles. The Labute approximate surface area is 158 Å². The molecular formula is C23H46O2. The van der Waals surface area contributed by atoms with Crippen LogP contribution < -0.4 is 0 Å². The van der Waals surface area contributed by atoms with Gasteiger partial charge in [-0.15, -0.1) is 0 Å². The molecular weight excluding hydrogens is 308 g/mol. The third-order valence-corrected chi connectivity index (χ3v) is 5.32. The molecule has 0 radical (unpaired) electrons. The Morgan fingerprint density at radius 2 is 0.960 bits per heavy atom. The van der Waals surface area contributed by atoms with Crippen molar-refractivity contribution < 1.29 is 9.90 Å². The number of aliphatic carboxylic acids is 1. The minimum Gasteiger partial charge on any atom is -0.481 e. The molecule has 1 N–H and O–H groups in total. The first-order chi connectivity index (χ1) is 12.2. The Balaban J connectivity index is 3.06. The zero-order valence-corrected chi connectivity index (χ0v) is 17.4. The van der Waals surface area contributed by atoms with Gasteiger partial charge < -0.3 is 5.11 Å². The van der Waals surface area contributed by atoms with Crippen LogP contribution in [0.1, 0.15) is 136 Å². The van der Waals surface area contributed by atoms with Gasteiger partial charge in [0.05, 0.1) is 0 Å². The average Bonchev–Trinajstić information content (AvgIpc) is 2.57. The van der Waals surface area contributed by atoms with Crippen LogP contribution in [0.2, 0.25) is 0 Å². The first kappa shape index (κ1) is 24.5. The molecule has 25 heavy (non-hydrogen) atoms. The Bertz CT molecular complexity index is 275. The van der Waals surface area contributed by atoms with Gasteiger partial charge in [0.2, 0.25) is 0 Å². The fraction of sp³-hybridized carbons (Fsp3) is 0.957. The van der Waals surface area contributed by atoms with E-state index in [9.17, 15) is 4.79 Å². The second-order valence-corrected chi connectivity index (χ2v) is 8.15. The third kappa shape index (κ3) is 21.4. The summed E-state index contributed by atoms with van der Waals surface area (Å²) in [6, 6.07) is 0. The van der Waals surface area contributed by atoms with Gasteiger partial charge >= 0.3 is 5.97 Å². The van der Waals surface area contributed by atoms with Crippen molar-refractivity contribution in [3.63, 3.8) is 0 Å². The molecule has 2 nitrogen and oxygen atoms in total. The summed E-state index contributed by atoms with van der Waals surface area (Å²) < 4.78 is 0. The zero-order valence-electron chi connectivity index (χ0n) is 17.4. The molecule has 0 saturated heterocycles. The van der Waals surface area contributed by atoms with Gasteiger partial charge in [-0.3, -0.25) is 4.79 Å². The highest BCUT2D eigenvalue weighted by Gasteiger charge is 2.06. The predicted molar refractivity (Wildman–Crippen MR) is 110 cm³/mol. The second-order valence-electron chi connectivity index (χ2n) is 8.15. The largest absolute Gasteiger partial charge is 0.481 e. The molecule has 0 heterocycles. The smallest absolute Gasteiger partial charge is 0.303 e. The molecule has 0 spiro atoms. The van der Waals surface area contributed by atoms with Gasteiger partial charge in [-0.2, -0.15) is 0 Å². The van der Waals surface area contributed by atoms with Gasteiger partial charge in [0, 0.05) is 6.42 Å². The Hall–Kier alpha value is -0.530. The quantitative estimate of drug-likeness (QED) is 0.224. The van der Waals surface area contributed by atoms with Crippen LogP contribution in [0, 0.1) is 5.92 Å². The van der Waals surface area contributed by atoms with Gasteiger partial charge in [0.25, 0.3) is 0 Å². The lowest BCUT2D eigenvalue weighted by Crippen LogP contribution is -2.03. The zero-order chi connectivity index (χ0) is 18.6. The van der Waals surface area contributed by atoms with E-state index in [1.165, 1.54) is 109 Å². The summed E-state index contributed by atoms with van der Waals surface area (Å²) in [5.74, 6) is -0.312. The van der Waals surface area contributed by atoms with E-state index in [2.05, 4.69) is 13.8 Å². The molecule has 0 aliphatic carbocycles. The summed E-state index contributed by atoms with van der Waals surface area (Å²) in [6.07, 6.45) is 25.2. The summed E-state index contributed by atoms with van der Waals surface area (Å²) in [5.41, 5.74) is 0. The fourth-order valence-electron chi connectivity index (χ4n) is 3.62. The lowest BCUT2D eigenvalue weighted by atomic mass is 9.99. The number of hydrogen-bond acceptors (Lipinski definition) is 1. The average molecular weight is 355 g/mol. The molecule has 0 unspecified atom stereocenters. The third-order valence-electron chi connectivity index (χ3n) is 5.32. The highest BCUT2D eigenvalue weighted by Crippen LogP contribution is 2.16. The van der Waals surface area contributed by atoms with Crippen molar-refractivity contribution in [2.75, 3.05) is 0 Å². The maximum atomic E-state index is 10.6. The van der Waals surface area contributed by atoms with Crippen LogP contribution in [0.5, 0.6) is 0 Å². The molecule has 0 aromatic heterocycles. The molecule has 0 fully saturated rings. The van der Waals surface area contributed by atoms with Gasteiger partial charge in [-0.1, -0.05) is 129 Å². The van der Waals surface area contributed by atoms with E-state index in [0.29, 0.717) is 12.3 Å². The number of unbranched alkanes of at least 4 members (excludes halogenated alkanes) is 16. The first-order valence-electron chi connectivity index (χ1n) is 11.4. The van der Waals surface area contributed by atoms with Crippen LogP contribution >= 0.6 is 0 Å². The molecule has 0 saturated carbocycles. The van der Waals surface area contributed by atoms with Crippen molar-refractivity contribution in [1.82, 2.24) is 0 Å². The second kappa shape index (κ2) is 19.8. The number of carbonyl (C=O) groups is 1. The van der Waals surface area contributed by atoms with E-state index in [4.69, 9.17) is 5.11 Å². The van der Waals surface area contributed by atoms with Crippen molar-refractivity contribution in [3.8, 4) is 0 Å². The monoisotopic (exact) mass is 354 g/mol. The van der Waals surface area contributed by atoms with Crippen molar-refractivity contribution in [2.24, 2.45) is 5.92 Å². The predicted octanol–water partition coefficient (Wildman–Crippen LogP) is 8.14. The lowest BCUT2D eigenvalue weighted by Gasteiger charge is -2.08. The summed E-state index contributed by atoms with van der Waals surface area (Å²) in [5, 5.41) is 8.73. The SMILES string of the molecule is CCCCCCCCCCCCCCCCCCC[C@H](C)CC(=O)O. The Morgan fingerprint density at radius 1 is 0.640 bits per heavy atom. The maximum Gasteiger partial charge on any atom is 0.303 e. The molecule has 0 bridgehead atoms. The highest BCUT2D eigenvalue weighted by molar-refractivity contribution is 5.66. The molecule has 2 heteroatoms. The summed E-state index contributed by atoms with van der Waals surface area (Å²) in [6.45, 7) is 4.34. The Kier molecular flexibility index (Phi) is 19.4. The molecule has 1 atom stereocenters. The van der Waals surface area contributed by atoms with E-state index in [1.807, 2.05) is 0 Å². The molecule has 0 aliphatic heterocycles. The van der Waals surface area contributed by atoms with E-state index < -0.39 is 5.97 Å². The number of carboxylic acid groups (broad SMARTS) is 1. The van der Waals surface area contributed by atoms with Crippen LogP contribution in [0.3, 0.4) is 0 Å². The Morgan fingerprint density at radius 3 is 1.28 bits per heavy atom. The summed E-state index contributed by atoms with van der Waals surface area (Å²) in [7, 11) is 0. The van der Waals surface area contributed by atoms with E-state index in [-0.39, 0.29) is 0 Å². The van der Waals surface area contributed by atoms with Gasteiger partial charge in [0.15, 0.2) is 0 Å². The van der Waals surface area contributed by atoms with Gasteiger partial charge in [-0.25, -0.2) is 0 Å². The van der Waals surface area contributed by atoms with Crippen LogP contribution in [0.15, 0.2) is 0 Å². The molecule has 0 amide bonds. The van der Waals surface area contributed by atoms with Crippen LogP contribution in [0.4, 0.5) is 0 Å². The van der Waals surface area contributed by atoms with Crippen LogP contribution in [-0.4, -0.2) is 11.1 Å². The van der Waals surface area contributed by atoms with E-state index in [1.54, 1.807) is 0 Å². The van der Waals surface area contributed by atoms with Crippen molar-refractivity contribution in [1.29, 1.82) is 0 Å². The van der Waals surface area contributed by atoms with Gasteiger partial charge in [-0.05, 0) is 5.92 Å². The number of rotatable bonds is 20. The molecule has 0 rings (SSSR count). The standard InChI is InChI=1S/C23H46O2/c1-3-4-5-6-7-8-9-10-11-12-13-14-15-16-17-18-19-20-22(2)21-23(24)25/h22H,3-21H2,1-2H3,(H,24,25)/t22-/m0/s1. The maximum absolute atomic E-state index is 10.6. The van der Waals surface area contributed by atoms with E-state index >= 15 is 0 Å². The molecule has 150 valence electrons. The van der Waals surface area contributed by atoms with Crippen molar-refractivity contribution >= 4 is 5.97 Å². The highest BCUT2D eigenvalue weighted by atomic mass is 16.4. The summed E-state index contributed by atoms with van der Waals surface area (Å²) in [4.78, 5) is 10.6. The fourth-order valence-corrected chi connectivity index (χ4v) is 3.62. The number of carboxylic acids is 1. The van der Waals surface area contributed by atoms with E-state index in [0.717, 1.165) is 6.42 Å². The minimum atomic E-state index is -0.653. The lowest BCUT2D eigenvalue weighted by molar-refractivity contribution is -0.138. The van der Waals surface area contributed by atoms with Crippen molar-refractivity contribution in [2.45, 2.75) is 136 Å². The number of hydrogen-bond donors (Lipinski definition) is 1. The van der Waals surface area contributed by atoms with Gasteiger partial charge in [0.1, 0.15) is 0 Å². The summed E-state index contributed by atoms with van der Waals surface area (Å²) >= 11 is 0. The van der Waals surface area contributed by atoms with Crippen LogP contribution in [0.25, 0.3) is 0 Å². The topological polar surface area (TPSA) is 37.3 Å². The normalized spacial score (nSPS) is 12.4. The molecule has 0 aromatic rings. The molecule has 0 aliphatic rings. The van der Waals surface area contributed by atoms with Crippen LogP contribution in [-0.2, 0) is 4.79 Å². The van der Waals surface area contributed by atoms with Crippen molar-refractivity contribution in [3.05, 3.63) is 0 Å². The first-order valence-corrected chi connectivity index (χ1v) is 11.4. The minimum absolute atomic E-state index is 0.332.